The van der Waals surface area contributed by atoms with E-state index in [-0.39, 0.29) is 23.8 Å². The van der Waals surface area contributed by atoms with Crippen molar-refractivity contribution in [3.8, 4) is 5.75 Å². The van der Waals surface area contributed by atoms with Crippen molar-refractivity contribution in [3.63, 3.8) is 0 Å². The highest BCUT2D eigenvalue weighted by molar-refractivity contribution is 6.01. The van der Waals surface area contributed by atoms with Crippen molar-refractivity contribution in [1.29, 1.82) is 0 Å². The Balaban J connectivity index is 1.48. The van der Waals surface area contributed by atoms with Gasteiger partial charge in [-0.25, -0.2) is 0 Å². The Morgan fingerprint density at radius 3 is 2.77 bits per heavy atom. The third kappa shape index (κ3) is 3.54. The number of aromatic nitrogens is 1. The van der Waals surface area contributed by atoms with E-state index in [1.807, 2.05) is 36.4 Å². The van der Waals surface area contributed by atoms with Gasteiger partial charge in [-0.1, -0.05) is 18.2 Å². The smallest absolute Gasteiger partial charge is 0.250 e. The number of para-hydroxylation sites is 2. The molecule has 2 saturated heterocycles. The van der Waals surface area contributed by atoms with Crippen molar-refractivity contribution in [2.24, 2.45) is 5.92 Å². The van der Waals surface area contributed by atoms with E-state index in [0.29, 0.717) is 51.3 Å². The Morgan fingerprint density at radius 2 is 1.97 bits per heavy atom. The highest BCUT2D eigenvalue weighted by atomic mass is 16.5. The van der Waals surface area contributed by atoms with Crippen LogP contribution in [-0.2, 0) is 20.9 Å². The summed E-state index contributed by atoms with van der Waals surface area (Å²) in [5, 5.41) is 0. The molecule has 2 bridgehead atoms. The highest BCUT2D eigenvalue weighted by Gasteiger charge is 2.46. The zero-order chi connectivity index (χ0) is 20.5. The first-order valence-corrected chi connectivity index (χ1v) is 10.5. The van der Waals surface area contributed by atoms with Crippen molar-refractivity contribution in [1.82, 2.24) is 9.88 Å². The third-order valence-electron chi connectivity index (χ3n) is 6.18. The van der Waals surface area contributed by atoms with Gasteiger partial charge in [0.2, 0.25) is 11.8 Å². The van der Waals surface area contributed by atoms with Crippen LogP contribution in [-0.4, -0.2) is 53.6 Å². The maximum atomic E-state index is 13.8. The van der Waals surface area contributed by atoms with E-state index in [9.17, 15) is 9.59 Å². The number of carbonyl (C=O) groups excluding carboxylic acids is 2. The van der Waals surface area contributed by atoms with E-state index in [1.54, 1.807) is 22.2 Å². The first-order valence-electron chi connectivity index (χ1n) is 10.5. The number of pyridine rings is 1. The van der Waals surface area contributed by atoms with Gasteiger partial charge in [0.25, 0.3) is 0 Å². The molecule has 5 rings (SSSR count). The lowest BCUT2D eigenvalue weighted by molar-refractivity contribution is -0.143. The monoisotopic (exact) mass is 407 g/mol. The first kappa shape index (κ1) is 19.1. The molecule has 1 aromatic carbocycles. The maximum Gasteiger partial charge on any atom is 0.250 e. The fraction of sp³-hybridized carbons (Fsp3) is 0.435. The number of hydrogen-bond acceptors (Lipinski definition) is 5. The summed E-state index contributed by atoms with van der Waals surface area (Å²) in [4.78, 5) is 34.7. The van der Waals surface area contributed by atoms with Crippen LogP contribution in [0.2, 0.25) is 0 Å². The van der Waals surface area contributed by atoms with Crippen molar-refractivity contribution in [3.05, 3.63) is 54.4 Å². The van der Waals surface area contributed by atoms with Gasteiger partial charge >= 0.3 is 0 Å². The molecule has 4 heterocycles. The second kappa shape index (κ2) is 8.07. The highest BCUT2D eigenvalue weighted by Crippen LogP contribution is 2.37. The summed E-state index contributed by atoms with van der Waals surface area (Å²) in [5.74, 6) is 0.591. The molecule has 2 aromatic rings. The molecular weight excluding hydrogens is 382 g/mol. The second-order valence-electron chi connectivity index (χ2n) is 8.12. The summed E-state index contributed by atoms with van der Waals surface area (Å²) in [6, 6.07) is 10.9. The largest absolute Gasteiger partial charge is 0.486 e. The molecule has 3 aliphatic rings. The molecule has 0 spiro atoms. The predicted molar refractivity (Wildman–Crippen MR) is 110 cm³/mol. The van der Waals surface area contributed by atoms with Gasteiger partial charge in [0, 0.05) is 37.9 Å². The molecule has 0 radical (unpaired) electrons. The van der Waals surface area contributed by atoms with Gasteiger partial charge in [-0.15, -0.1) is 0 Å². The minimum absolute atomic E-state index is 0.0510. The Hall–Kier alpha value is -2.93. The van der Waals surface area contributed by atoms with Crippen LogP contribution in [0.5, 0.6) is 5.75 Å². The van der Waals surface area contributed by atoms with Gasteiger partial charge < -0.3 is 19.3 Å². The average Bonchev–Trinajstić information content (AvgIpc) is 3.22. The SMILES string of the molecule is O=C1[C@@H]2C[C@@H](CN2C(=O)C2CCOCC2)Oc2ccccc2N1Cc1cccnc1. The van der Waals surface area contributed by atoms with Crippen molar-refractivity contribution in [2.45, 2.75) is 38.0 Å². The number of likely N-dealkylation sites (tertiary alicyclic amines) is 1. The molecular formula is C23H25N3O4. The van der Waals surface area contributed by atoms with Crippen LogP contribution < -0.4 is 9.64 Å². The molecule has 2 atom stereocenters. The van der Waals surface area contributed by atoms with Crippen LogP contribution in [0.25, 0.3) is 0 Å². The topological polar surface area (TPSA) is 72.0 Å². The van der Waals surface area contributed by atoms with E-state index in [4.69, 9.17) is 9.47 Å². The van der Waals surface area contributed by atoms with Gasteiger partial charge in [-0.05, 0) is 36.6 Å². The minimum atomic E-state index is -0.504. The molecule has 0 aliphatic carbocycles. The zero-order valence-corrected chi connectivity index (χ0v) is 16.8. The lowest BCUT2D eigenvalue weighted by atomic mass is 9.98. The Bertz CT molecular complexity index is 929. The fourth-order valence-electron chi connectivity index (χ4n) is 4.63. The fourth-order valence-corrected chi connectivity index (χ4v) is 4.63. The van der Waals surface area contributed by atoms with Gasteiger partial charge in [0.1, 0.15) is 17.9 Å². The average molecular weight is 407 g/mol. The second-order valence-corrected chi connectivity index (χ2v) is 8.12. The van der Waals surface area contributed by atoms with Gasteiger partial charge in [-0.2, -0.15) is 0 Å². The molecule has 156 valence electrons. The standard InChI is InChI=1S/C23H25N3O4/c27-22(17-7-10-29-11-8-17)26-15-18-12-20(26)23(28)25(14-16-4-3-9-24-13-16)19-5-1-2-6-21(19)30-18/h1-6,9,13,17-18,20H,7-8,10-12,14-15H2/t18-,20-/m0/s1. The van der Waals surface area contributed by atoms with Crippen LogP contribution in [0, 0.1) is 5.92 Å². The van der Waals surface area contributed by atoms with Crippen LogP contribution in [0.1, 0.15) is 24.8 Å². The number of benzene rings is 1. The van der Waals surface area contributed by atoms with E-state index in [1.165, 1.54) is 0 Å². The molecule has 30 heavy (non-hydrogen) atoms. The third-order valence-corrected chi connectivity index (χ3v) is 6.18. The van der Waals surface area contributed by atoms with E-state index in [0.717, 1.165) is 11.3 Å². The van der Waals surface area contributed by atoms with E-state index >= 15 is 0 Å². The Kier molecular flexibility index (Phi) is 5.12. The summed E-state index contributed by atoms with van der Waals surface area (Å²) >= 11 is 0. The summed E-state index contributed by atoms with van der Waals surface area (Å²) in [7, 11) is 0. The Labute approximate surface area is 175 Å². The molecule has 2 fully saturated rings. The van der Waals surface area contributed by atoms with E-state index < -0.39 is 6.04 Å². The molecule has 0 saturated carbocycles. The first-order chi connectivity index (χ1) is 14.7. The normalized spacial score (nSPS) is 24.1. The molecule has 7 heteroatoms. The molecule has 3 aliphatic heterocycles. The van der Waals surface area contributed by atoms with Crippen LogP contribution >= 0.6 is 0 Å². The quantitative estimate of drug-likeness (QED) is 0.781. The van der Waals surface area contributed by atoms with Crippen LogP contribution in [0.3, 0.4) is 0 Å². The molecule has 7 nitrogen and oxygen atoms in total. The molecule has 0 unspecified atom stereocenters. The molecule has 1 aromatic heterocycles. The number of rotatable bonds is 3. The van der Waals surface area contributed by atoms with Gasteiger partial charge in [0.05, 0.1) is 18.8 Å². The molecule has 2 amide bonds. The van der Waals surface area contributed by atoms with E-state index in [2.05, 4.69) is 4.98 Å². The number of hydrogen-bond donors (Lipinski definition) is 0. The van der Waals surface area contributed by atoms with Crippen molar-refractivity contribution in [2.75, 3.05) is 24.7 Å². The van der Waals surface area contributed by atoms with Crippen molar-refractivity contribution < 1.29 is 19.1 Å². The minimum Gasteiger partial charge on any atom is -0.486 e. The van der Waals surface area contributed by atoms with Crippen LogP contribution in [0.15, 0.2) is 48.8 Å². The van der Waals surface area contributed by atoms with Crippen LogP contribution in [0.4, 0.5) is 5.69 Å². The van der Waals surface area contributed by atoms with Gasteiger partial charge in [-0.3, -0.25) is 14.6 Å². The number of anilines is 1. The molecule has 0 N–H and O–H groups in total. The van der Waals surface area contributed by atoms with Crippen molar-refractivity contribution >= 4 is 17.5 Å². The summed E-state index contributed by atoms with van der Waals surface area (Å²) < 4.78 is 11.7. The summed E-state index contributed by atoms with van der Waals surface area (Å²) in [6.45, 7) is 2.03. The maximum absolute atomic E-state index is 13.8. The Morgan fingerprint density at radius 1 is 1.13 bits per heavy atom. The lowest BCUT2D eigenvalue weighted by Gasteiger charge is -2.33. The number of fused-ring (bicyclic) bond motifs is 3. The lowest BCUT2D eigenvalue weighted by Crippen LogP contribution is -2.49. The number of nitrogens with zero attached hydrogens (tertiary/aromatic N) is 3. The number of carbonyl (C=O) groups is 2. The number of ether oxygens (including phenoxy) is 2. The summed E-state index contributed by atoms with van der Waals surface area (Å²) in [5.41, 5.74) is 1.67. The predicted octanol–water partition coefficient (Wildman–Crippen LogP) is 2.40. The number of amides is 2. The summed E-state index contributed by atoms with van der Waals surface area (Å²) in [6.07, 6.45) is 5.24. The van der Waals surface area contributed by atoms with Gasteiger partial charge in [0.15, 0.2) is 0 Å². The zero-order valence-electron chi connectivity index (χ0n) is 16.8.